The molecule has 0 amide bonds. The third kappa shape index (κ3) is 57.2. The summed E-state index contributed by atoms with van der Waals surface area (Å²) in [7, 11) is 0. The SMILES string of the molecule is CCCCCCCCCCCCCCCC(=O)OC[C@H](COC(=O)CCCCCCCCCCCCCCCCC(C)C)OC(=O)CCCCCCCCCCCCCCCCCCCCC(C)C. The summed E-state index contributed by atoms with van der Waals surface area (Å²) in [5, 5.41) is 0. The van der Waals surface area contributed by atoms with Crippen LogP contribution >= 0.6 is 0 Å². The first-order valence-electron chi connectivity index (χ1n) is 31.2. The summed E-state index contributed by atoms with van der Waals surface area (Å²) < 4.78 is 16.9. The Morgan fingerprint density at radius 3 is 0.710 bits per heavy atom. The third-order valence-electron chi connectivity index (χ3n) is 14.5. The molecule has 6 nitrogen and oxygen atoms in total. The van der Waals surface area contributed by atoms with Gasteiger partial charge in [0.05, 0.1) is 0 Å². The quantitative estimate of drug-likeness (QED) is 0.0343. The molecule has 0 N–H and O–H groups in total. The summed E-state index contributed by atoms with van der Waals surface area (Å²) in [4.78, 5) is 38.2. The lowest BCUT2D eigenvalue weighted by Gasteiger charge is -2.18. The molecule has 0 bridgehead atoms. The number of ether oxygens (including phenoxy) is 3. The van der Waals surface area contributed by atoms with Gasteiger partial charge < -0.3 is 14.2 Å². The van der Waals surface area contributed by atoms with Crippen molar-refractivity contribution >= 4 is 17.9 Å². The number of carbonyl (C=O) groups is 3. The minimum absolute atomic E-state index is 0.0620. The first-order valence-corrected chi connectivity index (χ1v) is 31.2. The van der Waals surface area contributed by atoms with Gasteiger partial charge in [-0.1, -0.05) is 317 Å². The lowest BCUT2D eigenvalue weighted by atomic mass is 10.0. The van der Waals surface area contributed by atoms with E-state index in [0.717, 1.165) is 69.6 Å². The van der Waals surface area contributed by atoms with Crippen LogP contribution < -0.4 is 0 Å². The summed E-state index contributed by atoms with van der Waals surface area (Å²) >= 11 is 0. The van der Waals surface area contributed by atoms with Crippen LogP contribution in [0.15, 0.2) is 0 Å². The van der Waals surface area contributed by atoms with E-state index in [4.69, 9.17) is 14.2 Å². The fraction of sp³-hybridized carbons (Fsp3) is 0.952. The van der Waals surface area contributed by atoms with Crippen LogP contribution in [0.2, 0.25) is 0 Å². The molecule has 6 heteroatoms. The van der Waals surface area contributed by atoms with Gasteiger partial charge >= 0.3 is 17.9 Å². The van der Waals surface area contributed by atoms with Gasteiger partial charge in [-0.25, -0.2) is 0 Å². The molecule has 1 atom stereocenters. The van der Waals surface area contributed by atoms with Gasteiger partial charge in [0, 0.05) is 19.3 Å². The normalized spacial score (nSPS) is 12.0. The third-order valence-corrected chi connectivity index (χ3v) is 14.5. The zero-order valence-electron chi connectivity index (χ0n) is 47.5. The van der Waals surface area contributed by atoms with Crippen LogP contribution in [0.4, 0.5) is 0 Å². The number of unbranched alkanes of at least 4 members (excludes halogenated alkanes) is 42. The van der Waals surface area contributed by atoms with Crippen molar-refractivity contribution in [2.45, 2.75) is 362 Å². The van der Waals surface area contributed by atoms with E-state index in [-0.39, 0.29) is 31.1 Å². The highest BCUT2D eigenvalue weighted by atomic mass is 16.6. The number of carbonyl (C=O) groups excluding carboxylic acids is 3. The molecule has 0 rings (SSSR count). The maximum atomic E-state index is 12.9. The molecule has 0 fully saturated rings. The molecule has 0 aromatic rings. The molecule has 0 heterocycles. The molecular formula is C63H122O6. The lowest BCUT2D eigenvalue weighted by molar-refractivity contribution is -0.167. The molecule has 0 unspecified atom stereocenters. The van der Waals surface area contributed by atoms with Crippen LogP contribution in [0.5, 0.6) is 0 Å². The van der Waals surface area contributed by atoms with Crippen molar-refractivity contribution < 1.29 is 28.6 Å². The summed E-state index contributed by atoms with van der Waals surface area (Å²) in [5.74, 6) is 0.870. The minimum atomic E-state index is -0.763. The van der Waals surface area contributed by atoms with Gasteiger partial charge in [0.1, 0.15) is 13.2 Å². The average Bonchev–Trinajstić information content (AvgIpc) is 3.32. The van der Waals surface area contributed by atoms with Gasteiger partial charge in [0.15, 0.2) is 6.10 Å². The Bertz CT molecular complexity index is 1060. The Morgan fingerprint density at radius 1 is 0.275 bits per heavy atom. The summed E-state index contributed by atoms with van der Waals surface area (Å²) in [5.41, 5.74) is 0. The molecule has 0 aromatic carbocycles. The van der Waals surface area contributed by atoms with E-state index in [9.17, 15) is 14.4 Å². The van der Waals surface area contributed by atoms with E-state index in [2.05, 4.69) is 34.6 Å². The first-order chi connectivity index (χ1) is 33.7. The Kier molecular flexibility index (Phi) is 54.4. The van der Waals surface area contributed by atoms with Crippen molar-refractivity contribution in [2.75, 3.05) is 13.2 Å². The predicted octanol–water partition coefficient (Wildman–Crippen LogP) is 20.8. The fourth-order valence-electron chi connectivity index (χ4n) is 9.76. The highest BCUT2D eigenvalue weighted by molar-refractivity contribution is 5.71. The standard InChI is InChI=1S/C63H122O6/c1-6-7-8-9-10-11-12-21-28-33-38-43-48-53-61(64)67-56-60(57-68-62(65)54-49-44-39-34-29-24-20-19-23-27-32-37-42-47-52-59(4)5)69-63(66)55-50-45-40-35-30-25-18-16-14-13-15-17-22-26-31-36-41-46-51-58(2)3/h58-60H,6-57H2,1-5H3/t60-/m1/s1. The Labute approximate surface area is 431 Å². The molecule has 0 aliphatic heterocycles. The monoisotopic (exact) mass is 975 g/mol. The van der Waals surface area contributed by atoms with Crippen molar-refractivity contribution in [1.29, 1.82) is 0 Å². The second-order valence-corrected chi connectivity index (χ2v) is 22.6. The molecular weight excluding hydrogens is 853 g/mol. The van der Waals surface area contributed by atoms with E-state index < -0.39 is 6.10 Å². The van der Waals surface area contributed by atoms with Gasteiger partial charge in [-0.15, -0.1) is 0 Å². The number of rotatable bonds is 57. The topological polar surface area (TPSA) is 78.9 Å². The van der Waals surface area contributed by atoms with Crippen LogP contribution in [0.1, 0.15) is 356 Å². The van der Waals surface area contributed by atoms with Gasteiger partial charge in [-0.2, -0.15) is 0 Å². The van der Waals surface area contributed by atoms with Gasteiger partial charge in [0.2, 0.25) is 0 Å². The molecule has 0 aliphatic carbocycles. The molecule has 0 aromatic heterocycles. The van der Waals surface area contributed by atoms with Crippen molar-refractivity contribution in [2.24, 2.45) is 11.8 Å². The second kappa shape index (κ2) is 55.7. The zero-order chi connectivity index (χ0) is 50.4. The molecule has 0 aliphatic rings. The van der Waals surface area contributed by atoms with Crippen LogP contribution in [0, 0.1) is 11.8 Å². The molecule has 69 heavy (non-hydrogen) atoms. The van der Waals surface area contributed by atoms with Gasteiger partial charge in [-0.3, -0.25) is 14.4 Å². The van der Waals surface area contributed by atoms with E-state index >= 15 is 0 Å². The van der Waals surface area contributed by atoms with Crippen molar-refractivity contribution in [3.63, 3.8) is 0 Å². The maximum absolute atomic E-state index is 12.9. The van der Waals surface area contributed by atoms with Crippen LogP contribution in [0.3, 0.4) is 0 Å². The highest BCUT2D eigenvalue weighted by Gasteiger charge is 2.19. The predicted molar refractivity (Wildman–Crippen MR) is 298 cm³/mol. The maximum Gasteiger partial charge on any atom is 0.306 e. The van der Waals surface area contributed by atoms with E-state index in [1.54, 1.807) is 0 Å². The highest BCUT2D eigenvalue weighted by Crippen LogP contribution is 2.19. The largest absolute Gasteiger partial charge is 0.462 e. The number of hydrogen-bond donors (Lipinski definition) is 0. The smallest absolute Gasteiger partial charge is 0.306 e. The van der Waals surface area contributed by atoms with E-state index in [1.165, 1.54) is 244 Å². The molecule has 410 valence electrons. The molecule has 0 radical (unpaired) electrons. The van der Waals surface area contributed by atoms with Crippen molar-refractivity contribution in [3.05, 3.63) is 0 Å². The zero-order valence-corrected chi connectivity index (χ0v) is 47.5. The summed E-state index contributed by atoms with van der Waals surface area (Å²) in [6.45, 7) is 11.5. The van der Waals surface area contributed by atoms with Crippen molar-refractivity contribution in [3.8, 4) is 0 Å². The fourth-order valence-corrected chi connectivity index (χ4v) is 9.76. The summed E-state index contributed by atoms with van der Waals surface area (Å²) in [6, 6.07) is 0. The molecule has 0 saturated carbocycles. The van der Waals surface area contributed by atoms with E-state index in [1.807, 2.05) is 0 Å². The Hall–Kier alpha value is -1.59. The second-order valence-electron chi connectivity index (χ2n) is 22.6. The van der Waals surface area contributed by atoms with Crippen LogP contribution in [-0.4, -0.2) is 37.2 Å². The average molecular weight is 976 g/mol. The van der Waals surface area contributed by atoms with Crippen LogP contribution in [-0.2, 0) is 28.6 Å². The van der Waals surface area contributed by atoms with Gasteiger partial charge in [0.25, 0.3) is 0 Å². The van der Waals surface area contributed by atoms with E-state index in [0.29, 0.717) is 19.3 Å². The number of hydrogen-bond acceptors (Lipinski definition) is 6. The molecule has 0 spiro atoms. The lowest BCUT2D eigenvalue weighted by Crippen LogP contribution is -2.30. The van der Waals surface area contributed by atoms with Gasteiger partial charge in [-0.05, 0) is 31.1 Å². The minimum Gasteiger partial charge on any atom is -0.462 e. The first kappa shape index (κ1) is 67.4. The molecule has 0 saturated heterocycles. The number of esters is 3. The summed E-state index contributed by atoms with van der Waals surface area (Å²) in [6.07, 6.45) is 61.0. The van der Waals surface area contributed by atoms with Crippen LogP contribution in [0.25, 0.3) is 0 Å². The van der Waals surface area contributed by atoms with Crippen molar-refractivity contribution in [1.82, 2.24) is 0 Å². The Morgan fingerprint density at radius 2 is 0.478 bits per heavy atom. The Balaban J connectivity index is 4.26.